The van der Waals surface area contributed by atoms with Gasteiger partial charge >= 0.3 is 0 Å². The van der Waals surface area contributed by atoms with Crippen molar-refractivity contribution in [2.75, 3.05) is 0 Å². The molecular formula is C8H14O3. The lowest BCUT2D eigenvalue weighted by Gasteiger charge is -2.14. The van der Waals surface area contributed by atoms with E-state index in [0.29, 0.717) is 0 Å². The van der Waals surface area contributed by atoms with Gasteiger partial charge in [-0.15, -0.1) is 0 Å². The second-order valence-electron chi connectivity index (χ2n) is 3.18. The van der Waals surface area contributed by atoms with E-state index in [0.717, 1.165) is 0 Å². The van der Waals surface area contributed by atoms with E-state index < -0.39 is 5.60 Å². The Kier molecular flexibility index (Phi) is 3.39. The normalized spacial score (nSPS) is 11.3. The summed E-state index contributed by atoms with van der Waals surface area (Å²) in [5, 5.41) is 9.14. The number of carbonyl (C=O) groups excluding carboxylic acids is 2. The van der Waals surface area contributed by atoms with Gasteiger partial charge in [0, 0.05) is 12.8 Å². The van der Waals surface area contributed by atoms with E-state index in [9.17, 15) is 9.59 Å². The first-order chi connectivity index (χ1) is 4.84. The summed E-state index contributed by atoms with van der Waals surface area (Å²) in [6, 6.07) is 0. The van der Waals surface area contributed by atoms with E-state index in [1.165, 1.54) is 20.8 Å². The summed E-state index contributed by atoms with van der Waals surface area (Å²) < 4.78 is 0. The van der Waals surface area contributed by atoms with E-state index in [1.807, 2.05) is 0 Å². The molecule has 0 radical (unpaired) electrons. The average molecular weight is 158 g/mol. The fourth-order valence-corrected chi connectivity index (χ4v) is 0.595. The molecule has 0 aliphatic heterocycles. The van der Waals surface area contributed by atoms with Crippen LogP contribution in [0.25, 0.3) is 0 Å². The first-order valence-electron chi connectivity index (χ1n) is 3.59. The molecule has 0 spiro atoms. The van der Waals surface area contributed by atoms with E-state index in [-0.39, 0.29) is 24.4 Å². The number of carbonyl (C=O) groups is 2. The molecule has 0 aromatic rings. The maximum absolute atomic E-state index is 11.0. The molecule has 0 atom stereocenters. The molecule has 0 saturated heterocycles. The number of ketones is 2. The van der Waals surface area contributed by atoms with Crippen LogP contribution in [0, 0.1) is 0 Å². The fourth-order valence-electron chi connectivity index (χ4n) is 0.595. The predicted octanol–water partition coefficient (Wildman–Crippen LogP) is 0.696. The molecule has 0 aliphatic rings. The minimum absolute atomic E-state index is 0.0254. The van der Waals surface area contributed by atoms with Gasteiger partial charge in [0.15, 0.2) is 5.78 Å². The van der Waals surface area contributed by atoms with Crippen molar-refractivity contribution in [1.82, 2.24) is 0 Å². The highest BCUT2D eigenvalue weighted by molar-refractivity contribution is 5.89. The van der Waals surface area contributed by atoms with Crippen LogP contribution in [-0.2, 0) is 9.59 Å². The van der Waals surface area contributed by atoms with Crippen molar-refractivity contribution in [2.24, 2.45) is 0 Å². The Morgan fingerprint density at radius 2 is 1.73 bits per heavy atom. The van der Waals surface area contributed by atoms with Crippen LogP contribution < -0.4 is 0 Å². The van der Waals surface area contributed by atoms with Crippen LogP contribution in [0.3, 0.4) is 0 Å². The SMILES string of the molecule is CC(=O)CCC(=O)C(C)(C)O. The molecule has 1 N–H and O–H groups in total. The smallest absolute Gasteiger partial charge is 0.164 e. The van der Waals surface area contributed by atoms with Crippen LogP contribution in [-0.4, -0.2) is 22.3 Å². The van der Waals surface area contributed by atoms with Crippen molar-refractivity contribution in [2.45, 2.75) is 39.2 Å². The fraction of sp³-hybridized carbons (Fsp3) is 0.750. The first-order valence-corrected chi connectivity index (χ1v) is 3.59. The van der Waals surface area contributed by atoms with Gasteiger partial charge in [-0.1, -0.05) is 0 Å². The zero-order valence-corrected chi connectivity index (χ0v) is 7.18. The zero-order chi connectivity index (χ0) is 9.07. The molecule has 64 valence electrons. The molecule has 0 heterocycles. The van der Waals surface area contributed by atoms with Crippen LogP contribution >= 0.6 is 0 Å². The van der Waals surface area contributed by atoms with Crippen molar-refractivity contribution in [3.8, 4) is 0 Å². The molecule has 0 aliphatic carbocycles. The third-order valence-corrected chi connectivity index (χ3v) is 1.39. The summed E-state index contributed by atoms with van der Waals surface area (Å²) in [5.74, 6) is -0.310. The summed E-state index contributed by atoms with van der Waals surface area (Å²) in [5.41, 5.74) is -1.30. The van der Waals surface area contributed by atoms with Gasteiger partial charge in [0.05, 0.1) is 0 Å². The Morgan fingerprint density at radius 3 is 2.00 bits per heavy atom. The van der Waals surface area contributed by atoms with Gasteiger partial charge < -0.3 is 9.90 Å². The third-order valence-electron chi connectivity index (χ3n) is 1.39. The summed E-state index contributed by atoms with van der Waals surface area (Å²) in [7, 11) is 0. The average Bonchev–Trinajstić information content (AvgIpc) is 1.80. The number of rotatable bonds is 4. The largest absolute Gasteiger partial charge is 0.383 e. The number of Topliss-reactive ketones (excluding diaryl/α,β-unsaturated/α-hetero) is 2. The molecule has 3 heteroatoms. The highest BCUT2D eigenvalue weighted by Gasteiger charge is 2.22. The Labute approximate surface area is 66.4 Å². The van der Waals surface area contributed by atoms with E-state index >= 15 is 0 Å². The third kappa shape index (κ3) is 4.67. The maximum Gasteiger partial charge on any atom is 0.164 e. The highest BCUT2D eigenvalue weighted by atomic mass is 16.3. The van der Waals surface area contributed by atoms with Gasteiger partial charge in [-0.25, -0.2) is 0 Å². The molecule has 0 saturated carbocycles. The van der Waals surface area contributed by atoms with Gasteiger partial charge in [-0.3, -0.25) is 4.79 Å². The van der Waals surface area contributed by atoms with Crippen molar-refractivity contribution < 1.29 is 14.7 Å². The Morgan fingerprint density at radius 1 is 1.27 bits per heavy atom. The molecule has 0 aromatic heterocycles. The van der Waals surface area contributed by atoms with Gasteiger partial charge in [0.25, 0.3) is 0 Å². The Balaban J connectivity index is 3.80. The van der Waals surface area contributed by atoms with Gasteiger partial charge in [-0.2, -0.15) is 0 Å². The van der Waals surface area contributed by atoms with Crippen molar-refractivity contribution in [3.05, 3.63) is 0 Å². The molecule has 0 rings (SSSR count). The number of hydrogen-bond acceptors (Lipinski definition) is 3. The van der Waals surface area contributed by atoms with Crippen molar-refractivity contribution >= 4 is 11.6 Å². The molecule has 0 unspecified atom stereocenters. The molecule has 0 fully saturated rings. The predicted molar refractivity (Wildman–Crippen MR) is 41.2 cm³/mol. The van der Waals surface area contributed by atoms with E-state index in [2.05, 4.69) is 0 Å². The Bertz CT molecular complexity index is 165. The molecule has 0 bridgehead atoms. The van der Waals surface area contributed by atoms with E-state index in [1.54, 1.807) is 0 Å². The lowest BCUT2D eigenvalue weighted by atomic mass is 9.99. The Hall–Kier alpha value is -0.700. The van der Waals surface area contributed by atoms with Crippen LogP contribution in [0.15, 0.2) is 0 Å². The molecule has 0 amide bonds. The molecular weight excluding hydrogens is 144 g/mol. The minimum Gasteiger partial charge on any atom is -0.383 e. The lowest BCUT2D eigenvalue weighted by molar-refractivity contribution is -0.135. The van der Waals surface area contributed by atoms with Crippen LogP contribution in [0.1, 0.15) is 33.6 Å². The summed E-state index contributed by atoms with van der Waals surface area (Å²) >= 11 is 0. The minimum atomic E-state index is -1.30. The molecule has 0 aromatic carbocycles. The standard InChI is InChI=1S/C8H14O3/c1-6(9)4-5-7(10)8(2,3)11/h11H,4-5H2,1-3H3. The number of hydrogen-bond donors (Lipinski definition) is 1. The topological polar surface area (TPSA) is 54.4 Å². The van der Waals surface area contributed by atoms with Crippen LogP contribution in [0.5, 0.6) is 0 Å². The van der Waals surface area contributed by atoms with Crippen LogP contribution in [0.4, 0.5) is 0 Å². The molecule has 3 nitrogen and oxygen atoms in total. The zero-order valence-electron chi connectivity index (χ0n) is 7.18. The monoisotopic (exact) mass is 158 g/mol. The van der Waals surface area contributed by atoms with Gasteiger partial charge in [0.1, 0.15) is 11.4 Å². The van der Waals surface area contributed by atoms with E-state index in [4.69, 9.17) is 5.11 Å². The van der Waals surface area contributed by atoms with Crippen molar-refractivity contribution in [3.63, 3.8) is 0 Å². The summed E-state index contributed by atoms with van der Waals surface area (Å²) in [6.45, 7) is 4.28. The number of aliphatic hydroxyl groups is 1. The molecule has 11 heavy (non-hydrogen) atoms. The second kappa shape index (κ2) is 3.62. The quantitative estimate of drug-likeness (QED) is 0.655. The van der Waals surface area contributed by atoms with Crippen LogP contribution in [0.2, 0.25) is 0 Å². The summed E-state index contributed by atoms with van der Waals surface area (Å²) in [4.78, 5) is 21.4. The van der Waals surface area contributed by atoms with Crippen molar-refractivity contribution in [1.29, 1.82) is 0 Å². The van der Waals surface area contributed by atoms with Gasteiger partial charge in [-0.05, 0) is 20.8 Å². The first kappa shape index (κ1) is 10.3. The lowest BCUT2D eigenvalue weighted by Crippen LogP contribution is -2.31. The second-order valence-corrected chi connectivity index (χ2v) is 3.18. The maximum atomic E-state index is 11.0. The van der Waals surface area contributed by atoms with Gasteiger partial charge in [0.2, 0.25) is 0 Å². The summed E-state index contributed by atoms with van der Waals surface area (Å²) in [6.07, 6.45) is 0.363. The highest BCUT2D eigenvalue weighted by Crippen LogP contribution is 2.07.